The van der Waals surface area contributed by atoms with Crippen LogP contribution in [0.3, 0.4) is 0 Å². The number of anilines is 1. The largest absolute Gasteiger partial charge is 0.305 e. The van der Waals surface area contributed by atoms with E-state index in [2.05, 4.69) is 15.5 Å². The van der Waals surface area contributed by atoms with Crippen LogP contribution in [0.25, 0.3) is 6.08 Å². The third kappa shape index (κ3) is 4.06. The highest BCUT2D eigenvalue weighted by molar-refractivity contribution is 7.88. The number of rotatable bonds is 6. The van der Waals surface area contributed by atoms with Gasteiger partial charge in [0.2, 0.25) is 15.9 Å². The van der Waals surface area contributed by atoms with Gasteiger partial charge in [0.25, 0.3) is 0 Å². The van der Waals surface area contributed by atoms with Gasteiger partial charge in [0.15, 0.2) is 5.82 Å². The number of nitrogens with one attached hydrogen (secondary N) is 2. The molecular weight excluding hydrogens is 396 g/mol. The van der Waals surface area contributed by atoms with Crippen LogP contribution in [0.1, 0.15) is 22.4 Å². The Labute approximate surface area is 166 Å². The molecule has 144 valence electrons. The smallest absolute Gasteiger partial charge is 0.249 e. The molecule has 1 aromatic carbocycles. The van der Waals surface area contributed by atoms with E-state index in [0.29, 0.717) is 17.1 Å². The van der Waals surface area contributed by atoms with E-state index in [-0.39, 0.29) is 24.7 Å². The Balaban J connectivity index is 1.43. The molecular formula is C19H18N4O3S2. The summed E-state index contributed by atoms with van der Waals surface area (Å²) in [4.78, 5) is 12.1. The zero-order chi connectivity index (χ0) is 19.6. The number of fused-ring (bicyclic) bond motifs is 1. The molecule has 0 radical (unpaired) electrons. The summed E-state index contributed by atoms with van der Waals surface area (Å²) in [6, 6.07) is 11.0. The van der Waals surface area contributed by atoms with E-state index >= 15 is 0 Å². The number of thiophene rings is 1. The monoisotopic (exact) mass is 414 g/mol. The van der Waals surface area contributed by atoms with Crippen molar-refractivity contribution < 1.29 is 13.2 Å². The number of benzene rings is 1. The summed E-state index contributed by atoms with van der Waals surface area (Å²) in [5.41, 5.74) is 3.09. The van der Waals surface area contributed by atoms with Gasteiger partial charge in [-0.15, -0.1) is 0 Å². The Hall–Kier alpha value is -2.75. The number of amides is 1. The van der Waals surface area contributed by atoms with Crippen LogP contribution < -0.4 is 5.32 Å². The highest BCUT2D eigenvalue weighted by Gasteiger charge is 2.33. The summed E-state index contributed by atoms with van der Waals surface area (Å²) in [6.07, 6.45) is 3.15. The summed E-state index contributed by atoms with van der Waals surface area (Å²) in [7, 11) is -3.48. The first-order valence-corrected chi connectivity index (χ1v) is 11.2. The van der Waals surface area contributed by atoms with Crippen molar-refractivity contribution in [3.05, 3.63) is 75.6 Å². The number of aromatic nitrogens is 2. The Bertz CT molecular complexity index is 1100. The minimum Gasteiger partial charge on any atom is -0.305 e. The lowest BCUT2D eigenvalue weighted by Gasteiger charge is -2.16. The number of carbonyl (C=O) groups excluding carboxylic acids is 1. The fourth-order valence-corrected chi connectivity index (χ4v) is 5.06. The molecule has 0 atom stereocenters. The molecule has 1 aliphatic rings. The van der Waals surface area contributed by atoms with Crippen LogP contribution in [0, 0.1) is 0 Å². The third-order valence-corrected chi connectivity index (χ3v) is 6.86. The number of aromatic amines is 1. The van der Waals surface area contributed by atoms with Crippen LogP contribution >= 0.6 is 11.3 Å². The molecule has 3 heterocycles. The van der Waals surface area contributed by atoms with Crippen molar-refractivity contribution in [2.75, 3.05) is 5.32 Å². The zero-order valence-electron chi connectivity index (χ0n) is 14.8. The van der Waals surface area contributed by atoms with Gasteiger partial charge in [0.05, 0.1) is 18.0 Å². The maximum atomic E-state index is 12.7. The molecule has 2 N–H and O–H groups in total. The first-order chi connectivity index (χ1) is 13.5. The Morgan fingerprint density at radius 3 is 2.82 bits per heavy atom. The Kier molecular flexibility index (Phi) is 5.12. The molecule has 0 aliphatic carbocycles. The highest BCUT2D eigenvalue weighted by Crippen LogP contribution is 2.30. The van der Waals surface area contributed by atoms with Crippen LogP contribution in [0.5, 0.6) is 0 Å². The molecule has 0 bridgehead atoms. The van der Waals surface area contributed by atoms with Crippen molar-refractivity contribution in [1.29, 1.82) is 0 Å². The summed E-state index contributed by atoms with van der Waals surface area (Å²) in [6.45, 7) is 0.406. The number of sulfonamides is 1. The molecule has 2 aromatic heterocycles. The molecule has 9 heteroatoms. The van der Waals surface area contributed by atoms with Gasteiger partial charge in [-0.2, -0.15) is 20.7 Å². The molecule has 0 saturated heterocycles. The standard InChI is InChI=1S/C19H18N4O3S2/c24-18(7-6-14-8-9-27-12-14)20-19-16-10-23(11-17(16)21-22-19)28(25,26)13-15-4-2-1-3-5-15/h1-9,12H,10-11,13H2,(H2,20,21,22,24). The van der Waals surface area contributed by atoms with Crippen molar-refractivity contribution in [2.24, 2.45) is 0 Å². The molecule has 28 heavy (non-hydrogen) atoms. The van der Waals surface area contributed by atoms with Gasteiger partial charge in [-0.1, -0.05) is 30.3 Å². The van der Waals surface area contributed by atoms with Crippen molar-refractivity contribution in [3.8, 4) is 0 Å². The molecule has 0 unspecified atom stereocenters. The molecule has 0 saturated carbocycles. The van der Waals surface area contributed by atoms with E-state index in [1.54, 1.807) is 29.5 Å². The average Bonchev–Trinajstić information content (AvgIpc) is 3.39. The van der Waals surface area contributed by atoms with E-state index in [1.165, 1.54) is 10.4 Å². The minimum atomic E-state index is -3.48. The molecule has 3 aromatic rings. The summed E-state index contributed by atoms with van der Waals surface area (Å²) in [5, 5.41) is 13.5. The van der Waals surface area contributed by atoms with Crippen LogP contribution in [-0.4, -0.2) is 28.8 Å². The molecule has 1 amide bonds. The van der Waals surface area contributed by atoms with E-state index in [0.717, 1.165) is 11.1 Å². The van der Waals surface area contributed by atoms with E-state index in [1.807, 2.05) is 35.0 Å². The maximum absolute atomic E-state index is 12.7. The predicted molar refractivity (Wildman–Crippen MR) is 109 cm³/mol. The Morgan fingerprint density at radius 1 is 1.25 bits per heavy atom. The predicted octanol–water partition coefficient (Wildman–Crippen LogP) is 2.97. The first kappa shape index (κ1) is 18.6. The summed E-state index contributed by atoms with van der Waals surface area (Å²) >= 11 is 1.55. The van der Waals surface area contributed by atoms with Gasteiger partial charge in [0.1, 0.15) is 0 Å². The molecule has 1 aliphatic heterocycles. The maximum Gasteiger partial charge on any atom is 0.249 e. The number of hydrogen-bond acceptors (Lipinski definition) is 5. The zero-order valence-corrected chi connectivity index (χ0v) is 16.5. The fraction of sp³-hybridized carbons (Fsp3) is 0.158. The normalized spacial score (nSPS) is 14.4. The van der Waals surface area contributed by atoms with Crippen molar-refractivity contribution in [1.82, 2.24) is 14.5 Å². The second-order valence-corrected chi connectivity index (χ2v) is 9.17. The first-order valence-electron chi connectivity index (χ1n) is 8.60. The topological polar surface area (TPSA) is 95.2 Å². The second kappa shape index (κ2) is 7.70. The van der Waals surface area contributed by atoms with E-state index < -0.39 is 10.0 Å². The van der Waals surface area contributed by atoms with Gasteiger partial charge in [0, 0.05) is 18.2 Å². The van der Waals surface area contributed by atoms with Gasteiger partial charge in [-0.25, -0.2) is 8.42 Å². The number of nitrogens with zero attached hydrogens (tertiary/aromatic N) is 2. The van der Waals surface area contributed by atoms with Crippen LogP contribution in [0.2, 0.25) is 0 Å². The number of hydrogen-bond donors (Lipinski definition) is 2. The lowest BCUT2D eigenvalue weighted by Crippen LogP contribution is -2.27. The molecule has 7 nitrogen and oxygen atoms in total. The lowest BCUT2D eigenvalue weighted by molar-refractivity contribution is -0.111. The van der Waals surface area contributed by atoms with Crippen molar-refractivity contribution in [3.63, 3.8) is 0 Å². The Morgan fingerprint density at radius 2 is 2.07 bits per heavy atom. The van der Waals surface area contributed by atoms with Crippen LogP contribution in [-0.2, 0) is 33.7 Å². The van der Waals surface area contributed by atoms with Gasteiger partial charge in [-0.3, -0.25) is 9.89 Å². The van der Waals surface area contributed by atoms with Gasteiger partial charge >= 0.3 is 0 Å². The SMILES string of the molecule is O=C(C=Cc1ccsc1)Nc1n[nH]c2c1CN(S(=O)(=O)Cc1ccccc1)C2. The quantitative estimate of drug-likeness (QED) is 0.606. The van der Waals surface area contributed by atoms with E-state index in [4.69, 9.17) is 0 Å². The number of carbonyl (C=O) groups is 1. The number of H-pyrrole nitrogens is 1. The van der Waals surface area contributed by atoms with Crippen LogP contribution in [0.4, 0.5) is 5.82 Å². The lowest BCUT2D eigenvalue weighted by atomic mass is 10.2. The van der Waals surface area contributed by atoms with Gasteiger partial charge in [-0.05, 0) is 34.0 Å². The third-order valence-electron chi connectivity index (χ3n) is 4.42. The highest BCUT2D eigenvalue weighted by atomic mass is 32.2. The van der Waals surface area contributed by atoms with E-state index in [9.17, 15) is 13.2 Å². The van der Waals surface area contributed by atoms with Gasteiger partial charge < -0.3 is 5.32 Å². The van der Waals surface area contributed by atoms with Crippen molar-refractivity contribution >= 4 is 39.2 Å². The average molecular weight is 415 g/mol. The summed E-state index contributed by atoms with van der Waals surface area (Å²) < 4.78 is 26.9. The fourth-order valence-electron chi connectivity index (χ4n) is 2.99. The molecule has 4 rings (SSSR count). The summed E-state index contributed by atoms with van der Waals surface area (Å²) in [5.74, 6) is -0.00477. The van der Waals surface area contributed by atoms with Crippen LogP contribution in [0.15, 0.2) is 53.2 Å². The van der Waals surface area contributed by atoms with Crippen molar-refractivity contribution in [2.45, 2.75) is 18.8 Å². The molecule has 0 fully saturated rings. The molecule has 0 spiro atoms. The second-order valence-electron chi connectivity index (χ2n) is 6.42. The minimum absolute atomic E-state index is 0.0589.